The smallest absolute Gasteiger partial charge is 0.339 e. The molecule has 0 aliphatic heterocycles. The molecule has 0 bridgehead atoms. The predicted molar refractivity (Wildman–Crippen MR) is 134 cm³/mol. The van der Waals surface area contributed by atoms with Gasteiger partial charge in [0.25, 0.3) is 10.1 Å². The van der Waals surface area contributed by atoms with E-state index in [4.69, 9.17) is 14.0 Å². The maximum atomic E-state index is 12.5. The number of ether oxygens (including phenoxy) is 2. The average molecular weight is 499 g/mol. The molecular weight excluding hydrogens is 456 g/mol. The van der Waals surface area contributed by atoms with Crippen LogP contribution >= 0.6 is 0 Å². The van der Waals surface area contributed by atoms with Gasteiger partial charge >= 0.3 is 11.9 Å². The Morgan fingerprint density at radius 3 is 1.65 bits per heavy atom. The minimum absolute atomic E-state index is 0.00684. The van der Waals surface area contributed by atoms with Crippen molar-refractivity contribution < 1.29 is 32.0 Å². The molecule has 0 heterocycles. The van der Waals surface area contributed by atoms with Gasteiger partial charge in [-0.2, -0.15) is 8.42 Å². The molecule has 0 amide bonds. The monoisotopic (exact) mass is 498 g/mol. The second-order valence-corrected chi connectivity index (χ2v) is 10.4. The molecule has 0 aliphatic carbocycles. The Labute approximate surface area is 205 Å². The summed E-state index contributed by atoms with van der Waals surface area (Å²) < 4.78 is 42.1. The molecule has 1 N–H and O–H groups in total. The van der Waals surface area contributed by atoms with Crippen LogP contribution in [0.4, 0.5) is 0 Å². The Bertz CT molecular complexity index is 820. The molecule has 1 unspecified atom stereocenters. The van der Waals surface area contributed by atoms with Crippen molar-refractivity contribution in [2.24, 2.45) is 0 Å². The summed E-state index contributed by atoms with van der Waals surface area (Å²) in [5.74, 6) is -1.45. The maximum Gasteiger partial charge on any atom is 0.339 e. The van der Waals surface area contributed by atoms with Crippen LogP contribution in [0.15, 0.2) is 24.3 Å². The van der Waals surface area contributed by atoms with Gasteiger partial charge in [-0.3, -0.25) is 4.55 Å². The summed E-state index contributed by atoms with van der Waals surface area (Å²) in [7, 11) is -4.32. The van der Waals surface area contributed by atoms with Gasteiger partial charge in [0.15, 0.2) is 0 Å². The van der Waals surface area contributed by atoms with Crippen LogP contribution in [-0.4, -0.2) is 43.4 Å². The van der Waals surface area contributed by atoms with Gasteiger partial charge in [0.2, 0.25) is 0 Å². The zero-order valence-electron chi connectivity index (χ0n) is 20.8. The quantitative estimate of drug-likeness (QED) is 0.134. The van der Waals surface area contributed by atoms with Crippen LogP contribution in [0.5, 0.6) is 0 Å². The van der Waals surface area contributed by atoms with E-state index in [9.17, 15) is 18.0 Å². The molecule has 194 valence electrons. The van der Waals surface area contributed by atoms with Crippen LogP contribution < -0.4 is 0 Å². The highest BCUT2D eigenvalue weighted by atomic mass is 32.2. The number of carbonyl (C=O) groups excluding carboxylic acids is 2. The highest BCUT2D eigenvalue weighted by Gasteiger charge is 2.25. The molecule has 1 atom stereocenters. The molecule has 1 aromatic rings. The summed E-state index contributed by atoms with van der Waals surface area (Å²) in [6.45, 7) is 3.58. The van der Waals surface area contributed by atoms with Crippen LogP contribution in [0.25, 0.3) is 0 Å². The zero-order valence-corrected chi connectivity index (χ0v) is 21.6. The lowest BCUT2D eigenvalue weighted by atomic mass is 10.1. The van der Waals surface area contributed by atoms with Crippen LogP contribution in [0.2, 0.25) is 0 Å². The van der Waals surface area contributed by atoms with Gasteiger partial charge < -0.3 is 9.47 Å². The van der Waals surface area contributed by atoms with E-state index >= 15 is 0 Å². The number of carbonyl (C=O) groups is 2. The Morgan fingerprint density at radius 1 is 0.765 bits per heavy atom. The first-order valence-electron chi connectivity index (χ1n) is 12.7. The van der Waals surface area contributed by atoms with Crippen molar-refractivity contribution in [2.45, 2.75) is 103 Å². The van der Waals surface area contributed by atoms with E-state index in [0.29, 0.717) is 0 Å². The molecular formula is C26H42O7S. The van der Waals surface area contributed by atoms with E-state index < -0.39 is 33.9 Å². The summed E-state index contributed by atoms with van der Waals surface area (Å²) in [6, 6.07) is 6.10. The summed E-state index contributed by atoms with van der Waals surface area (Å²) in [5, 5.41) is -1.21. The number of benzene rings is 1. The van der Waals surface area contributed by atoms with Gasteiger partial charge in [0.1, 0.15) is 11.9 Å². The molecule has 0 saturated carbocycles. The first-order valence-corrected chi connectivity index (χ1v) is 14.2. The summed E-state index contributed by atoms with van der Waals surface area (Å²) in [4.78, 5) is 24.9. The lowest BCUT2D eigenvalue weighted by Crippen LogP contribution is -2.27. The van der Waals surface area contributed by atoms with Crippen molar-refractivity contribution in [3.8, 4) is 0 Å². The highest BCUT2D eigenvalue weighted by Crippen LogP contribution is 2.15. The van der Waals surface area contributed by atoms with Crippen LogP contribution in [-0.2, 0) is 19.6 Å². The largest absolute Gasteiger partial charge is 0.462 e. The molecule has 0 aliphatic rings. The molecule has 0 radical (unpaired) electrons. The molecule has 1 rings (SSSR count). The molecule has 0 saturated heterocycles. The van der Waals surface area contributed by atoms with E-state index in [0.717, 1.165) is 19.3 Å². The van der Waals surface area contributed by atoms with E-state index in [1.807, 2.05) is 0 Å². The van der Waals surface area contributed by atoms with Crippen molar-refractivity contribution in [1.29, 1.82) is 0 Å². The van der Waals surface area contributed by atoms with Crippen molar-refractivity contribution in [1.82, 2.24) is 0 Å². The number of hydrogen-bond donors (Lipinski definition) is 1. The topological polar surface area (TPSA) is 107 Å². The van der Waals surface area contributed by atoms with Crippen LogP contribution in [0, 0.1) is 0 Å². The van der Waals surface area contributed by atoms with E-state index in [1.165, 1.54) is 69.9 Å². The number of unbranched alkanes of at least 4 members (excludes halogenated alkanes) is 11. The molecule has 0 spiro atoms. The summed E-state index contributed by atoms with van der Waals surface area (Å²) in [5.41, 5.74) is 0.0822. The van der Waals surface area contributed by atoms with Crippen LogP contribution in [0.1, 0.15) is 118 Å². The number of rotatable bonds is 19. The van der Waals surface area contributed by atoms with E-state index in [-0.39, 0.29) is 24.2 Å². The maximum absolute atomic E-state index is 12.5. The SMILES string of the molecule is CCCCCCCCCCCCCCOC(=O)c1ccccc1C(=O)OCC(CC)S(=O)(=O)O. The predicted octanol–water partition coefficient (Wildman–Crippen LogP) is 6.37. The third-order valence-electron chi connectivity index (χ3n) is 5.87. The van der Waals surface area contributed by atoms with Crippen molar-refractivity contribution in [3.63, 3.8) is 0 Å². The third kappa shape index (κ3) is 12.5. The second kappa shape index (κ2) is 17.5. The third-order valence-corrected chi connectivity index (χ3v) is 7.19. The summed E-state index contributed by atoms with van der Waals surface area (Å²) in [6.07, 6.45) is 14.7. The normalized spacial score (nSPS) is 12.3. The van der Waals surface area contributed by atoms with Gasteiger partial charge in [0, 0.05) is 0 Å². The number of hydrogen-bond acceptors (Lipinski definition) is 6. The van der Waals surface area contributed by atoms with Crippen molar-refractivity contribution in [3.05, 3.63) is 35.4 Å². The lowest BCUT2D eigenvalue weighted by molar-refractivity contribution is 0.0452. The van der Waals surface area contributed by atoms with E-state index in [1.54, 1.807) is 19.1 Å². The molecule has 8 heteroatoms. The Kier molecular flexibility index (Phi) is 15.5. The number of esters is 2. The Morgan fingerprint density at radius 2 is 1.21 bits per heavy atom. The Hall–Kier alpha value is -1.93. The minimum Gasteiger partial charge on any atom is -0.462 e. The fourth-order valence-corrected chi connectivity index (χ4v) is 4.35. The standard InChI is InChI=1S/C26H42O7S/c1-3-5-6-7-8-9-10-11-12-13-14-17-20-32-25(27)23-18-15-16-19-24(23)26(28)33-21-22(4-2)34(29,30)31/h15-16,18-19,22H,3-14,17,20-21H2,1-2H3,(H,29,30,31). The fraction of sp³-hybridized carbons (Fsp3) is 0.692. The highest BCUT2D eigenvalue weighted by molar-refractivity contribution is 7.86. The second-order valence-electron chi connectivity index (χ2n) is 8.71. The van der Waals surface area contributed by atoms with Gasteiger partial charge in [0.05, 0.1) is 17.7 Å². The van der Waals surface area contributed by atoms with Gasteiger partial charge in [-0.05, 0) is 25.0 Å². The van der Waals surface area contributed by atoms with Crippen molar-refractivity contribution >= 4 is 22.1 Å². The lowest BCUT2D eigenvalue weighted by Gasteiger charge is -2.13. The average Bonchev–Trinajstić information content (AvgIpc) is 2.81. The minimum atomic E-state index is -4.32. The first kappa shape index (κ1) is 30.1. The molecule has 0 fully saturated rings. The van der Waals surface area contributed by atoms with Gasteiger partial charge in [-0.25, -0.2) is 9.59 Å². The molecule has 34 heavy (non-hydrogen) atoms. The van der Waals surface area contributed by atoms with Crippen LogP contribution in [0.3, 0.4) is 0 Å². The van der Waals surface area contributed by atoms with Gasteiger partial charge in [-0.15, -0.1) is 0 Å². The van der Waals surface area contributed by atoms with Gasteiger partial charge in [-0.1, -0.05) is 96.6 Å². The van der Waals surface area contributed by atoms with Crippen molar-refractivity contribution in [2.75, 3.05) is 13.2 Å². The van der Waals surface area contributed by atoms with E-state index in [2.05, 4.69) is 6.92 Å². The summed E-state index contributed by atoms with van der Waals surface area (Å²) >= 11 is 0. The molecule has 0 aromatic heterocycles. The zero-order chi connectivity index (χ0) is 25.2. The fourth-order valence-electron chi connectivity index (χ4n) is 3.69. The Balaban J connectivity index is 2.30. The molecule has 7 nitrogen and oxygen atoms in total. The first-order chi connectivity index (χ1) is 16.3. The molecule has 1 aromatic carbocycles.